The molecule has 10 aromatic rings. The molecule has 0 saturated heterocycles. The van der Waals surface area contributed by atoms with Crippen LogP contribution < -0.4 is 0 Å². The summed E-state index contributed by atoms with van der Waals surface area (Å²) in [5.41, 5.74) is 10.2. The Bertz CT molecular complexity index is 3090. The van der Waals surface area contributed by atoms with Gasteiger partial charge in [0.2, 0.25) is 0 Å². The number of para-hydroxylation sites is 1. The smallest absolute Gasteiger partial charge is 0.0992 e. The average Bonchev–Trinajstić information content (AvgIpc) is 3.82. The first-order valence-electron chi connectivity index (χ1n) is 16.0. The molecule has 0 fully saturated rings. The van der Waals surface area contributed by atoms with Gasteiger partial charge in [0.25, 0.3) is 0 Å². The summed E-state index contributed by atoms with van der Waals surface area (Å²) >= 11 is 1.82. The Hall–Kier alpha value is -6.73. The van der Waals surface area contributed by atoms with Gasteiger partial charge in [-0.25, -0.2) is 0 Å². The molecule has 0 unspecified atom stereocenters. The van der Waals surface area contributed by atoms with Crippen LogP contribution in [0, 0.1) is 22.7 Å². The van der Waals surface area contributed by atoms with E-state index in [0.29, 0.717) is 11.1 Å². The third kappa shape index (κ3) is 3.99. The number of pyridine rings is 1. The minimum atomic E-state index is 0.575. The van der Waals surface area contributed by atoms with Gasteiger partial charge in [-0.2, -0.15) is 10.5 Å². The van der Waals surface area contributed by atoms with E-state index in [2.05, 4.69) is 106 Å². The minimum absolute atomic E-state index is 0.575. The van der Waals surface area contributed by atoms with Gasteiger partial charge in [0, 0.05) is 49.2 Å². The van der Waals surface area contributed by atoms with E-state index in [9.17, 15) is 10.5 Å². The molecule has 10 rings (SSSR count). The van der Waals surface area contributed by atoms with E-state index in [1.54, 1.807) is 0 Å². The monoisotopic (exact) mass is 641 g/mol. The second-order valence-corrected chi connectivity index (χ2v) is 13.3. The van der Waals surface area contributed by atoms with Crippen molar-refractivity contribution in [3.8, 4) is 34.6 Å². The van der Waals surface area contributed by atoms with Crippen LogP contribution in [0.5, 0.6) is 0 Å². The highest BCUT2D eigenvalue weighted by Crippen LogP contribution is 2.43. The highest BCUT2D eigenvalue weighted by atomic mass is 32.1. The van der Waals surface area contributed by atoms with Crippen LogP contribution in [0.15, 0.2) is 140 Å². The molecule has 0 aliphatic rings. The zero-order chi connectivity index (χ0) is 32.6. The van der Waals surface area contributed by atoms with Gasteiger partial charge in [-0.05, 0) is 90.0 Å². The van der Waals surface area contributed by atoms with E-state index < -0.39 is 0 Å². The van der Waals surface area contributed by atoms with Crippen LogP contribution in [0.4, 0.5) is 0 Å². The number of aromatic nitrogens is 3. The fourth-order valence-electron chi connectivity index (χ4n) is 7.48. The molecule has 0 atom stereocenters. The number of nitrogens with zero attached hydrogens (tertiary/aromatic N) is 5. The summed E-state index contributed by atoms with van der Waals surface area (Å²) in [5, 5.41) is 25.5. The molecule has 226 valence electrons. The standard InChI is InChI=1S/C43H23N5S/c44-24-26-14-17-38-36(21-26)32-9-1-3-11-37(32)47(38)31-20-27(25-45)19-29(23-31)28-7-5-8-30(22-28)48-39-12-6-18-46-41(39)35-16-15-34-33-10-2-4-13-40(33)49-43(34)42(35)48/h1-23H. The highest BCUT2D eigenvalue weighted by Gasteiger charge is 2.19. The molecule has 0 spiro atoms. The Morgan fingerprint density at radius 3 is 2.18 bits per heavy atom. The minimum Gasteiger partial charge on any atom is -0.309 e. The lowest BCUT2D eigenvalue weighted by Gasteiger charge is -2.13. The number of nitriles is 2. The summed E-state index contributed by atoms with van der Waals surface area (Å²) in [7, 11) is 0. The third-order valence-electron chi connectivity index (χ3n) is 9.57. The number of hydrogen-bond donors (Lipinski definition) is 0. The molecule has 0 N–H and O–H groups in total. The second-order valence-electron chi connectivity index (χ2n) is 12.3. The molecular formula is C43H23N5S. The summed E-state index contributed by atoms with van der Waals surface area (Å²) in [6.45, 7) is 0. The Balaban J connectivity index is 1.22. The molecule has 0 radical (unpaired) electrons. The molecule has 0 aliphatic heterocycles. The van der Waals surface area contributed by atoms with Crippen molar-refractivity contribution in [2.75, 3.05) is 0 Å². The van der Waals surface area contributed by atoms with Crippen molar-refractivity contribution in [3.63, 3.8) is 0 Å². The van der Waals surface area contributed by atoms with Gasteiger partial charge in [0.1, 0.15) is 0 Å². The molecule has 49 heavy (non-hydrogen) atoms. The number of rotatable bonds is 3. The molecular weight excluding hydrogens is 619 g/mol. The van der Waals surface area contributed by atoms with E-state index in [4.69, 9.17) is 4.98 Å². The molecule has 0 aliphatic carbocycles. The Morgan fingerprint density at radius 1 is 0.510 bits per heavy atom. The van der Waals surface area contributed by atoms with Crippen molar-refractivity contribution in [2.45, 2.75) is 0 Å². The SMILES string of the molecule is N#Cc1cc(-c2cccc(-n3c4cccnc4c4ccc5c6ccccc6sc5c43)c2)cc(-n2c3ccccc3c3cc(C#N)ccc32)c1. The van der Waals surface area contributed by atoms with Crippen molar-refractivity contribution < 1.29 is 0 Å². The van der Waals surface area contributed by atoms with Gasteiger partial charge in [0.05, 0.1) is 55.5 Å². The van der Waals surface area contributed by atoms with Crippen LogP contribution in [0.25, 0.3) is 86.4 Å². The Kier molecular flexibility index (Phi) is 5.81. The zero-order valence-corrected chi connectivity index (χ0v) is 26.7. The average molecular weight is 642 g/mol. The first-order chi connectivity index (χ1) is 24.2. The molecule has 4 aromatic heterocycles. The van der Waals surface area contributed by atoms with Gasteiger partial charge >= 0.3 is 0 Å². The van der Waals surface area contributed by atoms with Crippen molar-refractivity contribution in [3.05, 3.63) is 151 Å². The third-order valence-corrected chi connectivity index (χ3v) is 10.8. The second kappa shape index (κ2) is 10.4. The van der Waals surface area contributed by atoms with Crippen molar-refractivity contribution >= 4 is 75.3 Å². The highest BCUT2D eigenvalue weighted by molar-refractivity contribution is 7.26. The van der Waals surface area contributed by atoms with E-state index in [-0.39, 0.29) is 0 Å². The maximum atomic E-state index is 10.2. The largest absolute Gasteiger partial charge is 0.309 e. The van der Waals surface area contributed by atoms with Crippen LogP contribution in [0.2, 0.25) is 0 Å². The number of thiophene rings is 1. The molecule has 4 heterocycles. The fourth-order valence-corrected chi connectivity index (χ4v) is 8.72. The van der Waals surface area contributed by atoms with Gasteiger partial charge in [-0.15, -0.1) is 11.3 Å². The Morgan fingerprint density at radius 2 is 1.29 bits per heavy atom. The maximum Gasteiger partial charge on any atom is 0.0992 e. The molecule has 5 nitrogen and oxygen atoms in total. The predicted molar refractivity (Wildman–Crippen MR) is 201 cm³/mol. The van der Waals surface area contributed by atoms with Crippen LogP contribution in [-0.4, -0.2) is 14.1 Å². The lowest BCUT2D eigenvalue weighted by molar-refractivity contribution is 1.17. The van der Waals surface area contributed by atoms with Crippen LogP contribution >= 0.6 is 11.3 Å². The predicted octanol–water partition coefficient (Wildman–Crippen LogP) is 11.1. The lowest BCUT2D eigenvalue weighted by atomic mass is 10.0. The topological polar surface area (TPSA) is 70.3 Å². The van der Waals surface area contributed by atoms with E-state index in [1.165, 1.54) is 20.2 Å². The first-order valence-corrected chi connectivity index (χ1v) is 16.8. The van der Waals surface area contributed by atoms with E-state index >= 15 is 0 Å². The summed E-state index contributed by atoms with van der Waals surface area (Å²) in [4.78, 5) is 4.85. The molecule has 0 bridgehead atoms. The van der Waals surface area contributed by atoms with E-state index in [1.807, 2.05) is 66.1 Å². The summed E-state index contributed by atoms with van der Waals surface area (Å²) < 4.78 is 7.03. The quantitative estimate of drug-likeness (QED) is 0.193. The van der Waals surface area contributed by atoms with Crippen molar-refractivity contribution in [1.82, 2.24) is 14.1 Å². The zero-order valence-electron chi connectivity index (χ0n) is 25.9. The van der Waals surface area contributed by atoms with Crippen molar-refractivity contribution in [1.29, 1.82) is 10.5 Å². The summed E-state index contributed by atoms with van der Waals surface area (Å²) in [5.74, 6) is 0. The van der Waals surface area contributed by atoms with Gasteiger partial charge in [-0.1, -0.05) is 54.6 Å². The van der Waals surface area contributed by atoms with E-state index in [0.717, 1.165) is 66.2 Å². The summed E-state index contributed by atoms with van der Waals surface area (Å²) in [6, 6.07) is 50.5. The fraction of sp³-hybridized carbons (Fsp3) is 0. The first kappa shape index (κ1) is 27.4. The maximum absolute atomic E-state index is 10.2. The van der Waals surface area contributed by atoms with Gasteiger partial charge in [-0.3, -0.25) is 4.98 Å². The Labute approximate surface area is 284 Å². The van der Waals surface area contributed by atoms with Gasteiger partial charge < -0.3 is 9.13 Å². The number of fused-ring (bicyclic) bond motifs is 10. The summed E-state index contributed by atoms with van der Waals surface area (Å²) in [6.07, 6.45) is 1.86. The van der Waals surface area contributed by atoms with Crippen LogP contribution in [0.1, 0.15) is 11.1 Å². The normalized spacial score (nSPS) is 11.6. The molecule has 0 saturated carbocycles. The van der Waals surface area contributed by atoms with Crippen LogP contribution in [-0.2, 0) is 0 Å². The van der Waals surface area contributed by atoms with Crippen molar-refractivity contribution in [2.24, 2.45) is 0 Å². The number of benzene rings is 6. The van der Waals surface area contributed by atoms with Crippen LogP contribution in [0.3, 0.4) is 0 Å². The number of hydrogen-bond acceptors (Lipinski definition) is 4. The molecule has 0 amide bonds. The molecule has 6 heteroatoms. The molecule has 6 aromatic carbocycles. The van der Waals surface area contributed by atoms with Gasteiger partial charge in [0.15, 0.2) is 0 Å². The lowest BCUT2D eigenvalue weighted by Crippen LogP contribution is -1.97.